The molecule has 1 aliphatic heterocycles. The number of nitrogens with zero attached hydrogens (tertiary/aromatic N) is 1. The van der Waals surface area contributed by atoms with E-state index in [1.165, 1.54) is 4.90 Å². The lowest BCUT2D eigenvalue weighted by atomic mass is 10.1. The Hall–Kier alpha value is -1.10. The Balaban J connectivity index is 2.42. The summed E-state index contributed by atoms with van der Waals surface area (Å²) in [7, 11) is 0. The van der Waals surface area contributed by atoms with Gasteiger partial charge in [0.2, 0.25) is 5.91 Å². The highest BCUT2D eigenvalue weighted by Crippen LogP contribution is 2.16. The van der Waals surface area contributed by atoms with Crippen LogP contribution in [0.25, 0.3) is 0 Å². The van der Waals surface area contributed by atoms with Gasteiger partial charge in [0.1, 0.15) is 6.54 Å². The van der Waals surface area contributed by atoms with Gasteiger partial charge in [0, 0.05) is 13.2 Å². The van der Waals surface area contributed by atoms with Crippen molar-refractivity contribution in [2.45, 2.75) is 38.7 Å². The summed E-state index contributed by atoms with van der Waals surface area (Å²) in [5.41, 5.74) is 0. The molecule has 1 saturated heterocycles. The minimum absolute atomic E-state index is 0.0133. The van der Waals surface area contributed by atoms with Gasteiger partial charge in [-0.25, -0.2) is 0 Å². The minimum Gasteiger partial charge on any atom is -0.480 e. The third-order valence-corrected chi connectivity index (χ3v) is 2.60. The minimum atomic E-state index is -0.964. The summed E-state index contributed by atoms with van der Waals surface area (Å²) in [6, 6.07) is 0. The molecule has 1 heterocycles. The van der Waals surface area contributed by atoms with Crippen molar-refractivity contribution in [1.29, 1.82) is 0 Å². The predicted molar refractivity (Wildman–Crippen MR) is 58.1 cm³/mol. The molecule has 1 rings (SSSR count). The number of carbonyl (C=O) groups excluding carboxylic acids is 1. The fourth-order valence-corrected chi connectivity index (χ4v) is 1.85. The van der Waals surface area contributed by atoms with Crippen molar-refractivity contribution in [3.63, 3.8) is 0 Å². The summed E-state index contributed by atoms with van der Waals surface area (Å²) in [5, 5.41) is 8.70. The van der Waals surface area contributed by atoms with E-state index in [1.54, 1.807) is 0 Å². The first-order valence-corrected chi connectivity index (χ1v) is 5.74. The number of amides is 1. The van der Waals surface area contributed by atoms with E-state index < -0.39 is 5.97 Å². The Morgan fingerprint density at radius 1 is 1.50 bits per heavy atom. The molecule has 1 amide bonds. The highest BCUT2D eigenvalue weighted by Gasteiger charge is 2.23. The summed E-state index contributed by atoms with van der Waals surface area (Å²) in [6.07, 6.45) is 2.96. The topological polar surface area (TPSA) is 66.8 Å². The molecule has 1 N–H and O–H groups in total. The number of hydrogen-bond acceptors (Lipinski definition) is 3. The largest absolute Gasteiger partial charge is 0.480 e. The maximum atomic E-state index is 11.8. The van der Waals surface area contributed by atoms with Crippen LogP contribution >= 0.6 is 0 Å². The van der Waals surface area contributed by atoms with Gasteiger partial charge in [0.05, 0.1) is 12.5 Å². The van der Waals surface area contributed by atoms with Gasteiger partial charge >= 0.3 is 5.97 Å². The zero-order valence-corrected chi connectivity index (χ0v) is 9.65. The van der Waals surface area contributed by atoms with Gasteiger partial charge in [0.25, 0.3) is 0 Å². The lowest BCUT2D eigenvalue weighted by Gasteiger charge is -2.21. The van der Waals surface area contributed by atoms with Crippen LogP contribution in [0.1, 0.15) is 32.6 Å². The Morgan fingerprint density at radius 2 is 2.25 bits per heavy atom. The summed E-state index contributed by atoms with van der Waals surface area (Å²) >= 11 is 0. The van der Waals surface area contributed by atoms with Crippen LogP contribution in [0.15, 0.2) is 0 Å². The predicted octanol–water partition coefficient (Wildman–Crippen LogP) is 0.879. The van der Waals surface area contributed by atoms with Gasteiger partial charge in [-0.2, -0.15) is 0 Å². The molecule has 0 saturated carbocycles. The lowest BCUT2D eigenvalue weighted by molar-refractivity contribution is -0.145. The number of carboxylic acids is 1. The van der Waals surface area contributed by atoms with E-state index in [0.29, 0.717) is 19.6 Å². The fraction of sp³-hybridized carbons (Fsp3) is 0.818. The van der Waals surface area contributed by atoms with E-state index in [2.05, 4.69) is 0 Å². The molecule has 0 aromatic rings. The van der Waals surface area contributed by atoms with Crippen molar-refractivity contribution in [3.8, 4) is 0 Å². The molecule has 0 aromatic heterocycles. The fourth-order valence-electron chi connectivity index (χ4n) is 1.85. The second-order valence-corrected chi connectivity index (χ2v) is 4.05. The number of aliphatic carboxylic acids is 1. The van der Waals surface area contributed by atoms with E-state index in [4.69, 9.17) is 9.84 Å². The molecule has 1 unspecified atom stereocenters. The normalized spacial score (nSPS) is 19.7. The molecule has 5 nitrogen and oxygen atoms in total. The van der Waals surface area contributed by atoms with E-state index in [-0.39, 0.29) is 18.6 Å². The van der Waals surface area contributed by atoms with Crippen molar-refractivity contribution in [2.75, 3.05) is 19.7 Å². The van der Waals surface area contributed by atoms with Crippen LogP contribution in [0.3, 0.4) is 0 Å². The number of carbonyl (C=O) groups is 2. The second kappa shape index (κ2) is 6.48. The standard InChI is InChI=1S/C11H19NO4/c1-2-5-12(8-11(14)15)10(13)7-9-4-3-6-16-9/h9H,2-8H2,1H3,(H,14,15). The monoisotopic (exact) mass is 229 g/mol. The molecule has 1 atom stereocenters. The van der Waals surface area contributed by atoms with Crippen molar-refractivity contribution in [2.24, 2.45) is 0 Å². The van der Waals surface area contributed by atoms with E-state index in [1.807, 2.05) is 6.92 Å². The Bertz CT molecular complexity index is 248. The van der Waals surface area contributed by atoms with Gasteiger partial charge in [-0.05, 0) is 19.3 Å². The first-order valence-electron chi connectivity index (χ1n) is 5.74. The van der Waals surface area contributed by atoms with E-state index >= 15 is 0 Å². The quantitative estimate of drug-likeness (QED) is 0.734. The van der Waals surface area contributed by atoms with Gasteiger partial charge in [-0.15, -0.1) is 0 Å². The summed E-state index contributed by atoms with van der Waals surface area (Å²) in [6.45, 7) is 2.93. The maximum Gasteiger partial charge on any atom is 0.323 e. The lowest BCUT2D eigenvalue weighted by Crippen LogP contribution is -2.37. The highest BCUT2D eigenvalue weighted by atomic mass is 16.5. The summed E-state index contributed by atoms with van der Waals surface area (Å²) in [5.74, 6) is -1.08. The van der Waals surface area contributed by atoms with Crippen molar-refractivity contribution in [3.05, 3.63) is 0 Å². The number of ether oxygens (including phenoxy) is 1. The number of rotatable bonds is 6. The molecule has 1 aliphatic rings. The van der Waals surface area contributed by atoms with Gasteiger partial charge in [0.15, 0.2) is 0 Å². The molecule has 0 bridgehead atoms. The third-order valence-electron chi connectivity index (χ3n) is 2.60. The van der Waals surface area contributed by atoms with Crippen LogP contribution in [-0.4, -0.2) is 47.7 Å². The summed E-state index contributed by atoms with van der Waals surface area (Å²) < 4.78 is 5.36. The Kier molecular flexibility index (Phi) is 5.25. The molecule has 1 fully saturated rings. The maximum absolute atomic E-state index is 11.8. The van der Waals surface area contributed by atoms with Gasteiger partial charge in [-0.1, -0.05) is 6.92 Å². The molecule has 0 aliphatic carbocycles. The zero-order chi connectivity index (χ0) is 12.0. The summed E-state index contributed by atoms with van der Waals surface area (Å²) in [4.78, 5) is 23.8. The first kappa shape index (κ1) is 13.0. The van der Waals surface area contributed by atoms with Crippen molar-refractivity contribution < 1.29 is 19.4 Å². The number of hydrogen-bond donors (Lipinski definition) is 1. The van der Waals surface area contributed by atoms with Crippen LogP contribution in [0.5, 0.6) is 0 Å². The molecule has 0 spiro atoms. The van der Waals surface area contributed by atoms with Crippen LogP contribution < -0.4 is 0 Å². The van der Waals surface area contributed by atoms with Crippen LogP contribution in [0.2, 0.25) is 0 Å². The number of carboxylic acid groups (broad SMARTS) is 1. The molecular weight excluding hydrogens is 210 g/mol. The van der Waals surface area contributed by atoms with Gasteiger partial charge < -0.3 is 14.7 Å². The first-order chi connectivity index (χ1) is 7.63. The van der Waals surface area contributed by atoms with Crippen molar-refractivity contribution >= 4 is 11.9 Å². The SMILES string of the molecule is CCCN(CC(=O)O)C(=O)CC1CCCO1. The van der Waals surface area contributed by atoms with Crippen molar-refractivity contribution in [1.82, 2.24) is 4.90 Å². The Morgan fingerprint density at radius 3 is 2.75 bits per heavy atom. The molecule has 0 aromatic carbocycles. The smallest absolute Gasteiger partial charge is 0.323 e. The van der Waals surface area contributed by atoms with E-state index in [9.17, 15) is 9.59 Å². The molecular formula is C11H19NO4. The average molecular weight is 229 g/mol. The Labute approximate surface area is 95.4 Å². The molecule has 0 radical (unpaired) electrons. The van der Waals surface area contributed by atoms with E-state index in [0.717, 1.165) is 19.3 Å². The molecule has 5 heteroatoms. The van der Waals surface area contributed by atoms with Crippen LogP contribution in [0, 0.1) is 0 Å². The zero-order valence-electron chi connectivity index (χ0n) is 9.65. The van der Waals surface area contributed by atoms with Gasteiger partial charge in [-0.3, -0.25) is 9.59 Å². The molecule has 16 heavy (non-hydrogen) atoms. The van der Waals surface area contributed by atoms with Crippen LogP contribution in [-0.2, 0) is 14.3 Å². The van der Waals surface area contributed by atoms with Crippen LogP contribution in [0.4, 0.5) is 0 Å². The average Bonchev–Trinajstić information content (AvgIpc) is 2.69. The highest BCUT2D eigenvalue weighted by molar-refractivity contribution is 5.81. The third kappa shape index (κ3) is 4.18. The second-order valence-electron chi connectivity index (χ2n) is 4.05. The molecule has 92 valence electrons.